The van der Waals surface area contributed by atoms with Crippen LogP contribution in [0.25, 0.3) is 0 Å². The summed E-state index contributed by atoms with van der Waals surface area (Å²) in [5.41, 5.74) is 1.77. The highest BCUT2D eigenvalue weighted by atomic mass is 35.5. The van der Waals surface area contributed by atoms with Gasteiger partial charge in [0.05, 0.1) is 13.2 Å². The smallest absolute Gasteiger partial charge is 0.124 e. The molecule has 0 aromatic heterocycles. The van der Waals surface area contributed by atoms with Crippen LogP contribution in [0.1, 0.15) is 17.2 Å². The molecule has 2 aromatic rings. The van der Waals surface area contributed by atoms with Gasteiger partial charge in [0.2, 0.25) is 0 Å². The molecule has 1 N–H and O–H groups in total. The summed E-state index contributed by atoms with van der Waals surface area (Å²) in [5.74, 6) is 0.422. The minimum Gasteiger partial charge on any atom is -0.496 e. The van der Waals surface area contributed by atoms with E-state index in [9.17, 15) is 4.39 Å². The largest absolute Gasteiger partial charge is 0.496 e. The number of halogens is 2. The Balaban J connectivity index is 2.50. The van der Waals surface area contributed by atoms with Crippen molar-refractivity contribution in [3.8, 4) is 5.75 Å². The number of hydrogen-bond donors (Lipinski definition) is 1. The van der Waals surface area contributed by atoms with E-state index in [1.165, 1.54) is 12.1 Å². The number of rotatable bonds is 4. The van der Waals surface area contributed by atoms with Crippen LogP contribution in [0.15, 0.2) is 42.5 Å². The van der Waals surface area contributed by atoms with E-state index >= 15 is 0 Å². The molecule has 100 valence electrons. The second-order valence-electron chi connectivity index (χ2n) is 4.13. The van der Waals surface area contributed by atoms with E-state index in [2.05, 4.69) is 5.32 Å². The minimum absolute atomic E-state index is 0.149. The third-order valence-corrected chi connectivity index (χ3v) is 3.34. The fourth-order valence-corrected chi connectivity index (χ4v) is 2.40. The van der Waals surface area contributed by atoms with E-state index in [1.807, 2.05) is 31.3 Å². The molecule has 2 nitrogen and oxygen atoms in total. The Labute approximate surface area is 117 Å². The summed E-state index contributed by atoms with van der Waals surface area (Å²) in [6.07, 6.45) is 0. The molecule has 2 aromatic carbocycles. The van der Waals surface area contributed by atoms with Crippen LogP contribution in [0, 0.1) is 5.82 Å². The summed E-state index contributed by atoms with van der Waals surface area (Å²) in [4.78, 5) is 0. The number of ether oxygens (including phenoxy) is 1. The quantitative estimate of drug-likeness (QED) is 0.919. The molecule has 0 saturated carbocycles. The number of para-hydroxylation sites is 1. The third kappa shape index (κ3) is 2.88. The SMILES string of the molecule is CNC(c1ccc(F)cc1Cl)c1ccccc1OC. The molecule has 0 aliphatic heterocycles. The van der Waals surface area contributed by atoms with E-state index in [0.29, 0.717) is 5.02 Å². The number of benzene rings is 2. The molecule has 1 unspecified atom stereocenters. The van der Waals surface area contributed by atoms with Crippen molar-refractivity contribution in [1.29, 1.82) is 0 Å². The molecule has 0 saturated heterocycles. The summed E-state index contributed by atoms with van der Waals surface area (Å²) >= 11 is 6.13. The molecule has 1 atom stereocenters. The van der Waals surface area contributed by atoms with Crippen LogP contribution in [0.2, 0.25) is 5.02 Å². The normalized spacial score (nSPS) is 12.2. The molecule has 0 radical (unpaired) electrons. The van der Waals surface area contributed by atoms with E-state index < -0.39 is 0 Å². The molecule has 0 aliphatic rings. The highest BCUT2D eigenvalue weighted by Crippen LogP contribution is 2.33. The first-order valence-electron chi connectivity index (χ1n) is 5.92. The van der Waals surface area contributed by atoms with Gasteiger partial charge < -0.3 is 10.1 Å². The second kappa shape index (κ2) is 6.04. The van der Waals surface area contributed by atoms with Crippen molar-refractivity contribution in [2.45, 2.75) is 6.04 Å². The molecule has 2 rings (SSSR count). The van der Waals surface area contributed by atoms with Gasteiger partial charge in [0.1, 0.15) is 11.6 Å². The fourth-order valence-electron chi connectivity index (χ4n) is 2.12. The fraction of sp³-hybridized carbons (Fsp3) is 0.200. The standard InChI is InChI=1S/C15H15ClFNO/c1-18-15(11-8-7-10(17)9-13(11)16)12-5-3-4-6-14(12)19-2/h3-9,15,18H,1-2H3. The van der Waals surface area contributed by atoms with Gasteiger partial charge in [0.25, 0.3) is 0 Å². The lowest BCUT2D eigenvalue weighted by Gasteiger charge is -2.20. The van der Waals surface area contributed by atoms with Gasteiger partial charge >= 0.3 is 0 Å². The van der Waals surface area contributed by atoms with Crippen LogP contribution in [0.4, 0.5) is 4.39 Å². The molecular weight excluding hydrogens is 265 g/mol. The van der Waals surface area contributed by atoms with E-state index in [1.54, 1.807) is 13.2 Å². The molecule has 0 heterocycles. The van der Waals surface area contributed by atoms with Crippen LogP contribution >= 0.6 is 11.6 Å². The Morgan fingerprint density at radius 2 is 1.89 bits per heavy atom. The Hall–Kier alpha value is -1.58. The van der Waals surface area contributed by atoms with Gasteiger partial charge in [-0.25, -0.2) is 4.39 Å². The number of hydrogen-bond acceptors (Lipinski definition) is 2. The molecule has 19 heavy (non-hydrogen) atoms. The highest BCUT2D eigenvalue weighted by Gasteiger charge is 2.18. The molecule has 0 amide bonds. The average molecular weight is 280 g/mol. The first kappa shape index (κ1) is 13.8. The first-order valence-corrected chi connectivity index (χ1v) is 6.30. The topological polar surface area (TPSA) is 21.3 Å². The Bertz CT molecular complexity index is 574. The van der Waals surface area contributed by atoms with Gasteiger partial charge in [-0.05, 0) is 30.8 Å². The van der Waals surface area contributed by atoms with Crippen LogP contribution in [-0.4, -0.2) is 14.2 Å². The average Bonchev–Trinajstić information content (AvgIpc) is 2.42. The summed E-state index contributed by atoms with van der Waals surface area (Å²) in [7, 11) is 3.45. The van der Waals surface area contributed by atoms with Crippen molar-refractivity contribution < 1.29 is 9.13 Å². The van der Waals surface area contributed by atoms with E-state index in [-0.39, 0.29) is 11.9 Å². The van der Waals surface area contributed by atoms with Crippen molar-refractivity contribution in [3.05, 3.63) is 64.4 Å². The van der Waals surface area contributed by atoms with Gasteiger partial charge in [-0.15, -0.1) is 0 Å². The van der Waals surface area contributed by atoms with Gasteiger partial charge in [-0.1, -0.05) is 35.9 Å². The lowest BCUT2D eigenvalue weighted by Crippen LogP contribution is -2.18. The lowest BCUT2D eigenvalue weighted by molar-refractivity contribution is 0.405. The molecular formula is C15H15ClFNO. The lowest BCUT2D eigenvalue weighted by atomic mass is 9.98. The van der Waals surface area contributed by atoms with Gasteiger partial charge in [-0.2, -0.15) is 0 Å². The van der Waals surface area contributed by atoms with E-state index in [4.69, 9.17) is 16.3 Å². The number of nitrogens with one attached hydrogen (secondary N) is 1. The highest BCUT2D eigenvalue weighted by molar-refractivity contribution is 6.31. The Morgan fingerprint density at radius 3 is 2.53 bits per heavy atom. The summed E-state index contributed by atoms with van der Waals surface area (Å²) in [6, 6.07) is 11.9. The minimum atomic E-state index is -0.344. The zero-order valence-corrected chi connectivity index (χ0v) is 11.5. The summed E-state index contributed by atoms with van der Waals surface area (Å²) in [6.45, 7) is 0. The second-order valence-corrected chi connectivity index (χ2v) is 4.54. The molecule has 0 bridgehead atoms. The van der Waals surface area contributed by atoms with E-state index in [0.717, 1.165) is 16.9 Å². The van der Waals surface area contributed by atoms with Crippen molar-refractivity contribution in [3.63, 3.8) is 0 Å². The van der Waals surface area contributed by atoms with Crippen molar-refractivity contribution in [2.75, 3.05) is 14.2 Å². The maximum absolute atomic E-state index is 13.1. The van der Waals surface area contributed by atoms with Crippen molar-refractivity contribution in [1.82, 2.24) is 5.32 Å². The maximum atomic E-state index is 13.1. The molecule has 4 heteroatoms. The monoisotopic (exact) mass is 279 g/mol. The Morgan fingerprint density at radius 1 is 1.16 bits per heavy atom. The first-order chi connectivity index (χ1) is 9.17. The predicted molar refractivity (Wildman–Crippen MR) is 75.3 cm³/mol. The van der Waals surface area contributed by atoms with Crippen molar-refractivity contribution >= 4 is 11.6 Å². The van der Waals surface area contributed by atoms with Gasteiger partial charge in [0.15, 0.2) is 0 Å². The predicted octanol–water partition coefficient (Wildman–Crippen LogP) is 3.80. The molecule has 0 fully saturated rings. The number of methoxy groups -OCH3 is 1. The van der Waals surface area contributed by atoms with Gasteiger partial charge in [0, 0.05) is 10.6 Å². The van der Waals surface area contributed by atoms with Gasteiger partial charge in [-0.3, -0.25) is 0 Å². The van der Waals surface area contributed by atoms with Crippen LogP contribution < -0.4 is 10.1 Å². The zero-order valence-electron chi connectivity index (χ0n) is 10.8. The van der Waals surface area contributed by atoms with Crippen LogP contribution in [0.5, 0.6) is 5.75 Å². The summed E-state index contributed by atoms with van der Waals surface area (Å²) < 4.78 is 18.5. The molecule has 0 spiro atoms. The zero-order chi connectivity index (χ0) is 13.8. The van der Waals surface area contributed by atoms with Crippen LogP contribution in [0.3, 0.4) is 0 Å². The maximum Gasteiger partial charge on any atom is 0.124 e. The summed E-state index contributed by atoms with van der Waals surface area (Å²) in [5, 5.41) is 3.58. The third-order valence-electron chi connectivity index (χ3n) is 3.01. The molecule has 0 aliphatic carbocycles. The van der Waals surface area contributed by atoms with Crippen molar-refractivity contribution in [2.24, 2.45) is 0 Å². The Kier molecular flexibility index (Phi) is 4.40. The van der Waals surface area contributed by atoms with Crippen LogP contribution in [-0.2, 0) is 0 Å².